The Hall–Kier alpha value is -1.72. The molecule has 0 amide bonds. The van der Waals surface area contributed by atoms with Crippen LogP contribution in [-0.2, 0) is 6.18 Å². The highest BCUT2D eigenvalue weighted by molar-refractivity contribution is 5.77. The summed E-state index contributed by atoms with van der Waals surface area (Å²) in [5.41, 5.74) is -0.888. The number of pyridine rings is 1. The molecule has 0 saturated carbocycles. The van der Waals surface area contributed by atoms with Crippen molar-refractivity contribution in [3.63, 3.8) is 0 Å². The van der Waals surface area contributed by atoms with Crippen molar-refractivity contribution in [3.05, 3.63) is 35.3 Å². The first-order valence-electron chi connectivity index (χ1n) is 3.76. The van der Waals surface area contributed by atoms with Gasteiger partial charge in [0.1, 0.15) is 0 Å². The van der Waals surface area contributed by atoms with Crippen LogP contribution >= 0.6 is 0 Å². The molecule has 2 heterocycles. The summed E-state index contributed by atoms with van der Waals surface area (Å²) in [5, 5.41) is 10.9. The van der Waals surface area contributed by atoms with Crippen molar-refractivity contribution in [2.75, 3.05) is 0 Å². The molecule has 0 aliphatic heterocycles. The molecule has 2 aromatic rings. The fourth-order valence-electron chi connectivity index (χ4n) is 1.31. The van der Waals surface area contributed by atoms with Gasteiger partial charge in [0.15, 0.2) is 0 Å². The zero-order valence-corrected chi connectivity index (χ0v) is 6.80. The van der Waals surface area contributed by atoms with Gasteiger partial charge in [-0.2, -0.15) is 13.2 Å². The molecule has 0 saturated heterocycles. The molecule has 2 aromatic heterocycles. The van der Waals surface area contributed by atoms with E-state index in [0.29, 0.717) is 4.73 Å². The number of H-pyrrole nitrogens is 1. The van der Waals surface area contributed by atoms with E-state index >= 15 is 0 Å². The highest BCUT2D eigenvalue weighted by Gasteiger charge is 2.34. The lowest BCUT2D eigenvalue weighted by atomic mass is 10.2. The molecule has 0 bridgehead atoms. The highest BCUT2D eigenvalue weighted by Crippen LogP contribution is 2.33. The van der Waals surface area contributed by atoms with Crippen LogP contribution in [0.4, 0.5) is 13.2 Å². The van der Waals surface area contributed by atoms with E-state index in [2.05, 4.69) is 4.98 Å². The van der Waals surface area contributed by atoms with Gasteiger partial charge in [0.05, 0.1) is 23.3 Å². The molecule has 2 rings (SSSR count). The van der Waals surface area contributed by atoms with Gasteiger partial charge >= 0.3 is 6.18 Å². The lowest BCUT2D eigenvalue weighted by molar-refractivity contribution is -0.579. The molecular weight excluding hydrogens is 197 g/mol. The standard InChI is InChI=1S/C8H5F3N2O/c9-8(10,11)6-2-4-13(14)7-5(6)1-3-12-7/h1-4,12H. The zero-order valence-electron chi connectivity index (χ0n) is 6.80. The summed E-state index contributed by atoms with van der Waals surface area (Å²) in [6.45, 7) is 0. The summed E-state index contributed by atoms with van der Waals surface area (Å²) in [6, 6.07) is 2.00. The monoisotopic (exact) mass is 202 g/mol. The van der Waals surface area contributed by atoms with Crippen LogP contribution in [0.15, 0.2) is 24.5 Å². The maximum atomic E-state index is 12.4. The predicted octanol–water partition coefficient (Wildman–Crippen LogP) is 1.82. The fraction of sp³-hybridized carbons (Fsp3) is 0.125. The van der Waals surface area contributed by atoms with E-state index in [1.807, 2.05) is 0 Å². The number of aromatic nitrogens is 2. The van der Waals surface area contributed by atoms with Crippen LogP contribution in [0.2, 0.25) is 0 Å². The van der Waals surface area contributed by atoms with Crippen molar-refractivity contribution >= 4 is 11.0 Å². The molecule has 1 N–H and O–H groups in total. The van der Waals surface area contributed by atoms with Gasteiger partial charge in [-0.15, -0.1) is 0 Å². The minimum Gasteiger partial charge on any atom is -0.711 e. The number of halogens is 3. The molecule has 0 fully saturated rings. The second-order valence-corrected chi connectivity index (χ2v) is 2.79. The second-order valence-electron chi connectivity index (χ2n) is 2.79. The first kappa shape index (κ1) is 8.86. The van der Waals surface area contributed by atoms with E-state index < -0.39 is 11.7 Å². The quantitative estimate of drug-likeness (QED) is 0.513. The number of nitrogens with zero attached hydrogens (tertiary/aromatic N) is 1. The Morgan fingerprint density at radius 2 is 2.00 bits per heavy atom. The average Bonchev–Trinajstić information content (AvgIpc) is 2.50. The number of hydrogen-bond donors (Lipinski definition) is 1. The van der Waals surface area contributed by atoms with E-state index in [9.17, 15) is 18.4 Å². The SMILES string of the molecule is [O-][n+]1ccc(C(F)(F)F)c2cc[nH]c21. The summed E-state index contributed by atoms with van der Waals surface area (Å²) in [5.74, 6) is 0. The van der Waals surface area contributed by atoms with Gasteiger partial charge in [0.2, 0.25) is 0 Å². The van der Waals surface area contributed by atoms with Gasteiger partial charge in [-0.1, -0.05) is 0 Å². The normalized spacial score (nSPS) is 12.2. The molecule has 0 aliphatic carbocycles. The van der Waals surface area contributed by atoms with Crippen LogP contribution in [0.1, 0.15) is 5.56 Å². The number of rotatable bonds is 0. The summed E-state index contributed by atoms with van der Waals surface area (Å²) < 4.78 is 37.6. The van der Waals surface area contributed by atoms with Crippen molar-refractivity contribution in [1.82, 2.24) is 4.98 Å². The van der Waals surface area contributed by atoms with Crippen LogP contribution in [0.5, 0.6) is 0 Å². The maximum absolute atomic E-state index is 12.4. The molecule has 0 spiro atoms. The molecule has 74 valence electrons. The second kappa shape index (κ2) is 2.63. The van der Waals surface area contributed by atoms with Gasteiger partial charge in [0.25, 0.3) is 5.65 Å². The van der Waals surface area contributed by atoms with E-state index in [4.69, 9.17) is 0 Å². The molecule has 0 aliphatic rings. The minimum absolute atomic E-state index is 0.0835. The van der Waals surface area contributed by atoms with Crippen LogP contribution in [0.25, 0.3) is 11.0 Å². The lowest BCUT2D eigenvalue weighted by Crippen LogP contribution is -2.27. The Morgan fingerprint density at radius 1 is 1.29 bits per heavy atom. The third-order valence-electron chi connectivity index (χ3n) is 1.92. The van der Waals surface area contributed by atoms with Crippen molar-refractivity contribution < 1.29 is 17.9 Å². The summed E-state index contributed by atoms with van der Waals surface area (Å²) in [6.07, 6.45) is -2.30. The molecule has 0 radical (unpaired) electrons. The number of nitrogens with one attached hydrogen (secondary N) is 1. The zero-order chi connectivity index (χ0) is 10.3. The van der Waals surface area contributed by atoms with Gasteiger partial charge in [-0.25, -0.2) is 9.71 Å². The largest absolute Gasteiger partial charge is 0.711 e. The Bertz CT molecular complexity index is 475. The lowest BCUT2D eigenvalue weighted by Gasteiger charge is -2.09. The predicted molar refractivity (Wildman–Crippen MR) is 42.3 cm³/mol. The van der Waals surface area contributed by atoms with Crippen LogP contribution in [0, 0.1) is 5.21 Å². The highest BCUT2D eigenvalue weighted by atomic mass is 19.4. The van der Waals surface area contributed by atoms with Crippen LogP contribution < -0.4 is 4.73 Å². The maximum Gasteiger partial charge on any atom is 0.417 e. The molecule has 0 aromatic carbocycles. The van der Waals surface area contributed by atoms with Crippen LogP contribution in [-0.4, -0.2) is 4.98 Å². The third-order valence-corrected chi connectivity index (χ3v) is 1.92. The molecule has 6 heteroatoms. The van der Waals surface area contributed by atoms with E-state index in [1.54, 1.807) is 0 Å². The Labute approximate surface area is 76.4 Å². The van der Waals surface area contributed by atoms with Gasteiger partial charge in [-0.05, 0) is 12.1 Å². The summed E-state index contributed by atoms with van der Waals surface area (Å²) in [7, 11) is 0. The number of hydrogen-bond acceptors (Lipinski definition) is 1. The molecule has 0 unspecified atom stereocenters. The third kappa shape index (κ3) is 1.19. The number of alkyl halides is 3. The van der Waals surface area contributed by atoms with Crippen molar-refractivity contribution in [3.8, 4) is 0 Å². The number of fused-ring (bicyclic) bond motifs is 1. The number of aromatic amines is 1. The minimum atomic E-state index is -4.44. The van der Waals surface area contributed by atoms with Crippen molar-refractivity contribution in [2.24, 2.45) is 0 Å². The average molecular weight is 202 g/mol. The first-order chi connectivity index (χ1) is 6.50. The van der Waals surface area contributed by atoms with E-state index in [0.717, 1.165) is 12.3 Å². The Morgan fingerprint density at radius 3 is 2.64 bits per heavy atom. The van der Waals surface area contributed by atoms with Gasteiger partial charge in [-0.3, -0.25) is 0 Å². The van der Waals surface area contributed by atoms with E-state index in [1.165, 1.54) is 12.3 Å². The van der Waals surface area contributed by atoms with Crippen molar-refractivity contribution in [2.45, 2.75) is 6.18 Å². The molecular formula is C8H5F3N2O. The Balaban J connectivity index is 2.80. The first-order valence-corrected chi connectivity index (χ1v) is 3.76. The molecule has 14 heavy (non-hydrogen) atoms. The Kier molecular flexibility index (Phi) is 1.67. The summed E-state index contributed by atoms with van der Waals surface area (Å²) in [4.78, 5) is 2.45. The molecule has 3 nitrogen and oxygen atoms in total. The van der Waals surface area contributed by atoms with Crippen LogP contribution in [0.3, 0.4) is 0 Å². The van der Waals surface area contributed by atoms with E-state index in [-0.39, 0.29) is 11.0 Å². The van der Waals surface area contributed by atoms with Crippen molar-refractivity contribution in [1.29, 1.82) is 0 Å². The van der Waals surface area contributed by atoms with Gasteiger partial charge < -0.3 is 5.21 Å². The summed E-state index contributed by atoms with van der Waals surface area (Å²) >= 11 is 0. The fourth-order valence-corrected chi connectivity index (χ4v) is 1.31. The van der Waals surface area contributed by atoms with Gasteiger partial charge in [0, 0.05) is 0 Å². The smallest absolute Gasteiger partial charge is 0.417 e. The topological polar surface area (TPSA) is 42.7 Å². The molecule has 0 atom stereocenters.